The van der Waals surface area contributed by atoms with Gasteiger partial charge in [-0.1, -0.05) is 11.2 Å². The number of hydrogen-bond acceptors (Lipinski definition) is 6. The average Bonchev–Trinajstić information content (AvgIpc) is 2.45. The van der Waals surface area contributed by atoms with Gasteiger partial charge in [-0.05, 0) is 24.1 Å². The highest BCUT2D eigenvalue weighted by atomic mass is 16.5. The highest BCUT2D eigenvalue weighted by Crippen LogP contribution is 2.28. The molecule has 0 amide bonds. The van der Waals surface area contributed by atoms with Crippen LogP contribution in [0.25, 0.3) is 10.4 Å². The molecule has 0 heterocycles. The molecule has 0 aliphatic carbocycles. The predicted octanol–water partition coefficient (Wildman–Crippen LogP) is 1.27. The number of aromatic hydroxyl groups is 1. The van der Waals surface area contributed by atoms with Crippen LogP contribution in [0.3, 0.4) is 0 Å². The molecule has 0 saturated carbocycles. The molecule has 0 aliphatic heterocycles. The van der Waals surface area contributed by atoms with Crippen LogP contribution in [-0.4, -0.2) is 41.0 Å². The number of hydrogen-bond donors (Lipinski definition) is 3. The van der Waals surface area contributed by atoms with Gasteiger partial charge in [0.2, 0.25) is 0 Å². The summed E-state index contributed by atoms with van der Waals surface area (Å²) in [5.41, 5.74) is 8.32. The molecule has 0 bridgehead atoms. The Balaban J connectivity index is 2.85. The van der Waals surface area contributed by atoms with Gasteiger partial charge in [-0.2, -0.15) is 0 Å². The van der Waals surface area contributed by atoms with Gasteiger partial charge in [0.1, 0.15) is 11.9 Å². The summed E-state index contributed by atoms with van der Waals surface area (Å²) in [6.45, 7) is 0.0235. The molecular formula is C12H15N3O5. The second kappa shape index (κ2) is 7.34. The molecular weight excluding hydrogens is 266 g/mol. The zero-order chi connectivity index (χ0) is 15.1. The van der Waals surface area contributed by atoms with Crippen molar-refractivity contribution >= 4 is 5.97 Å². The second-order valence-electron chi connectivity index (χ2n) is 4.02. The van der Waals surface area contributed by atoms with Crippen LogP contribution in [0.1, 0.15) is 28.4 Å². The number of nitrogens with zero attached hydrogens (tertiary/aromatic N) is 3. The number of phenolic OH excluding ortho intramolecular Hbond substituents is 1. The Morgan fingerprint density at radius 2 is 2.20 bits per heavy atom. The monoisotopic (exact) mass is 281 g/mol. The Morgan fingerprint density at radius 3 is 2.75 bits per heavy atom. The van der Waals surface area contributed by atoms with Crippen LogP contribution in [0.2, 0.25) is 0 Å². The minimum absolute atomic E-state index is 0.0235. The Labute approximate surface area is 114 Å². The molecule has 2 unspecified atom stereocenters. The van der Waals surface area contributed by atoms with E-state index in [1.54, 1.807) is 0 Å². The maximum atomic E-state index is 11.3. The molecule has 8 heteroatoms. The molecule has 0 spiro atoms. The first-order valence-electron chi connectivity index (χ1n) is 5.79. The molecule has 0 saturated heterocycles. The third-order valence-electron chi connectivity index (χ3n) is 2.72. The van der Waals surface area contributed by atoms with E-state index in [4.69, 9.17) is 5.53 Å². The summed E-state index contributed by atoms with van der Waals surface area (Å²) in [5, 5.41) is 32.6. The van der Waals surface area contributed by atoms with Gasteiger partial charge in [0.25, 0.3) is 0 Å². The molecule has 8 nitrogen and oxygen atoms in total. The molecule has 0 aliphatic rings. The average molecular weight is 281 g/mol. The van der Waals surface area contributed by atoms with Gasteiger partial charge in [-0.15, -0.1) is 0 Å². The molecule has 1 aromatic carbocycles. The zero-order valence-corrected chi connectivity index (χ0v) is 10.8. The van der Waals surface area contributed by atoms with E-state index in [9.17, 15) is 20.1 Å². The minimum atomic E-state index is -1.35. The van der Waals surface area contributed by atoms with Crippen LogP contribution in [-0.2, 0) is 4.74 Å². The number of phenols is 1. The Bertz CT molecular complexity index is 528. The number of benzene rings is 1. The maximum Gasteiger partial charge on any atom is 0.337 e. The molecule has 1 rings (SSSR count). The molecule has 20 heavy (non-hydrogen) atoms. The van der Waals surface area contributed by atoms with Crippen molar-refractivity contribution < 1.29 is 24.9 Å². The lowest BCUT2D eigenvalue weighted by molar-refractivity contribution is 0.0137. The lowest BCUT2D eigenvalue weighted by atomic mass is 9.99. The fourth-order valence-corrected chi connectivity index (χ4v) is 1.64. The summed E-state index contributed by atoms with van der Waals surface area (Å²) >= 11 is 0. The normalized spacial score (nSPS) is 13.2. The van der Waals surface area contributed by atoms with Crippen molar-refractivity contribution in [2.24, 2.45) is 5.11 Å². The fraction of sp³-hybridized carbons (Fsp3) is 0.417. The molecule has 3 N–H and O–H groups in total. The van der Waals surface area contributed by atoms with Gasteiger partial charge in [-0.25, -0.2) is 4.79 Å². The van der Waals surface area contributed by atoms with Crippen molar-refractivity contribution in [1.82, 2.24) is 0 Å². The number of aliphatic hydroxyl groups excluding tert-OH is 2. The van der Waals surface area contributed by atoms with Crippen LogP contribution in [0.5, 0.6) is 5.75 Å². The van der Waals surface area contributed by atoms with E-state index in [1.807, 2.05) is 0 Å². The van der Waals surface area contributed by atoms with Gasteiger partial charge in [-0.3, -0.25) is 0 Å². The zero-order valence-electron chi connectivity index (χ0n) is 10.8. The van der Waals surface area contributed by atoms with Crippen molar-refractivity contribution in [3.63, 3.8) is 0 Å². The highest BCUT2D eigenvalue weighted by molar-refractivity contribution is 5.89. The third kappa shape index (κ3) is 3.86. The summed E-state index contributed by atoms with van der Waals surface area (Å²) in [5.74, 6) is -0.950. The van der Waals surface area contributed by atoms with Gasteiger partial charge in [0, 0.05) is 17.0 Å². The van der Waals surface area contributed by atoms with Crippen LogP contribution < -0.4 is 0 Å². The number of ether oxygens (including phenoxy) is 1. The van der Waals surface area contributed by atoms with Gasteiger partial charge < -0.3 is 20.1 Å². The lowest BCUT2D eigenvalue weighted by Gasteiger charge is -2.18. The first-order valence-corrected chi connectivity index (χ1v) is 5.79. The van der Waals surface area contributed by atoms with E-state index in [1.165, 1.54) is 19.2 Å². The van der Waals surface area contributed by atoms with Crippen molar-refractivity contribution in [3.05, 3.63) is 39.8 Å². The van der Waals surface area contributed by atoms with Crippen LogP contribution in [0.4, 0.5) is 0 Å². The van der Waals surface area contributed by atoms with Crippen LogP contribution >= 0.6 is 0 Å². The van der Waals surface area contributed by atoms with Gasteiger partial charge >= 0.3 is 5.97 Å². The smallest absolute Gasteiger partial charge is 0.337 e. The van der Waals surface area contributed by atoms with E-state index < -0.39 is 18.2 Å². The van der Waals surface area contributed by atoms with Crippen molar-refractivity contribution in [1.29, 1.82) is 0 Å². The van der Waals surface area contributed by atoms with Gasteiger partial charge in [0.05, 0.1) is 18.8 Å². The number of azide groups is 1. The molecule has 0 fully saturated rings. The highest BCUT2D eigenvalue weighted by Gasteiger charge is 2.21. The molecule has 0 aromatic heterocycles. The van der Waals surface area contributed by atoms with E-state index in [0.717, 1.165) is 6.07 Å². The summed E-state index contributed by atoms with van der Waals surface area (Å²) in [4.78, 5) is 13.8. The SMILES string of the molecule is COC(=O)c1ccc(C(O)C(O)CCN=[N+]=[N-])c(O)c1. The quantitative estimate of drug-likeness (QED) is 0.312. The van der Waals surface area contributed by atoms with Crippen molar-refractivity contribution in [2.75, 3.05) is 13.7 Å². The number of esters is 1. The standard InChI is InChI=1S/C12H15N3O5/c1-20-12(19)7-2-3-8(10(17)6-7)11(18)9(16)4-5-14-15-13/h2-3,6,9,11,16-18H,4-5H2,1H3. The predicted molar refractivity (Wildman–Crippen MR) is 69.0 cm³/mol. The number of aliphatic hydroxyl groups is 2. The minimum Gasteiger partial charge on any atom is -0.508 e. The van der Waals surface area contributed by atoms with E-state index in [2.05, 4.69) is 14.8 Å². The summed E-state index contributed by atoms with van der Waals surface area (Å²) in [7, 11) is 1.21. The lowest BCUT2D eigenvalue weighted by Crippen LogP contribution is -2.19. The third-order valence-corrected chi connectivity index (χ3v) is 2.72. The number of methoxy groups -OCH3 is 1. The summed E-state index contributed by atoms with van der Waals surface area (Å²) in [6.07, 6.45) is -2.50. The van der Waals surface area contributed by atoms with Crippen LogP contribution in [0, 0.1) is 0 Å². The number of rotatable bonds is 6. The van der Waals surface area contributed by atoms with E-state index in [-0.39, 0.29) is 29.8 Å². The largest absolute Gasteiger partial charge is 0.508 e. The Hall–Kier alpha value is -2.28. The fourth-order valence-electron chi connectivity index (χ4n) is 1.64. The summed E-state index contributed by atoms with van der Waals surface area (Å²) in [6, 6.07) is 3.83. The molecule has 1 aromatic rings. The van der Waals surface area contributed by atoms with Gasteiger partial charge in [0.15, 0.2) is 0 Å². The molecule has 2 atom stereocenters. The van der Waals surface area contributed by atoms with Crippen LogP contribution in [0.15, 0.2) is 23.3 Å². The maximum absolute atomic E-state index is 11.3. The molecule has 0 radical (unpaired) electrons. The van der Waals surface area contributed by atoms with Crippen molar-refractivity contribution in [2.45, 2.75) is 18.6 Å². The first kappa shape index (κ1) is 15.8. The van der Waals surface area contributed by atoms with E-state index >= 15 is 0 Å². The second-order valence-corrected chi connectivity index (χ2v) is 4.02. The molecule has 108 valence electrons. The topological polar surface area (TPSA) is 136 Å². The van der Waals surface area contributed by atoms with E-state index in [0.29, 0.717) is 0 Å². The number of carbonyl (C=O) groups is 1. The van der Waals surface area contributed by atoms with Crippen molar-refractivity contribution in [3.8, 4) is 5.75 Å². The Morgan fingerprint density at radius 1 is 1.50 bits per heavy atom. The number of carbonyl (C=O) groups excluding carboxylic acids is 1. The Kier molecular flexibility index (Phi) is 5.79. The first-order chi connectivity index (χ1) is 9.51. The summed E-state index contributed by atoms with van der Waals surface area (Å²) < 4.78 is 4.50.